The topological polar surface area (TPSA) is 71.4 Å². The second-order valence-electron chi connectivity index (χ2n) is 6.15. The zero-order chi connectivity index (χ0) is 20.5. The molecule has 3 rings (SSSR count). The van der Waals surface area contributed by atoms with E-state index in [1.807, 2.05) is 6.07 Å². The second kappa shape index (κ2) is 10.4. The van der Waals surface area contributed by atoms with E-state index in [2.05, 4.69) is 25.6 Å². The highest BCUT2D eigenvalue weighted by molar-refractivity contribution is 6.29. The molecule has 0 bridgehead atoms. The Hall–Kier alpha value is -3.19. The normalized spacial score (nSPS) is 11.2. The lowest BCUT2D eigenvalue weighted by atomic mass is 10.2. The van der Waals surface area contributed by atoms with Crippen molar-refractivity contribution in [1.29, 1.82) is 0 Å². The summed E-state index contributed by atoms with van der Waals surface area (Å²) in [4.78, 5) is 12.2. The van der Waals surface area contributed by atoms with Crippen LogP contribution in [0.4, 0.5) is 4.39 Å². The molecule has 0 radical (unpaired) electrons. The predicted octanol–water partition coefficient (Wildman–Crippen LogP) is 3.97. The molecule has 0 aliphatic carbocycles. The van der Waals surface area contributed by atoms with E-state index in [0.29, 0.717) is 30.0 Å². The van der Waals surface area contributed by atoms with Crippen molar-refractivity contribution in [1.82, 2.24) is 20.6 Å². The fourth-order valence-electron chi connectivity index (χ4n) is 2.56. The zero-order valence-electron chi connectivity index (χ0n) is 15.9. The van der Waals surface area contributed by atoms with Gasteiger partial charge in [-0.15, -0.1) is 0 Å². The van der Waals surface area contributed by atoms with Gasteiger partial charge in [0.25, 0.3) is 0 Å². The monoisotopic (exact) mass is 413 g/mol. The molecule has 2 N–H and O–H groups in total. The Kier molecular flexibility index (Phi) is 7.35. The Bertz CT molecular complexity index is 951. The summed E-state index contributed by atoms with van der Waals surface area (Å²) in [5, 5.41) is 6.85. The van der Waals surface area contributed by atoms with Crippen LogP contribution in [0, 0.1) is 5.82 Å². The van der Waals surface area contributed by atoms with Crippen LogP contribution in [0.5, 0.6) is 11.5 Å². The maximum atomic E-state index is 14.3. The molecule has 1 aromatic carbocycles. The molecule has 0 saturated heterocycles. The fraction of sp³-hybridized carbons (Fsp3) is 0.190. The Morgan fingerprint density at radius 1 is 1.14 bits per heavy atom. The van der Waals surface area contributed by atoms with Crippen molar-refractivity contribution in [3.63, 3.8) is 0 Å². The number of pyridine rings is 2. The van der Waals surface area contributed by atoms with Crippen LogP contribution in [-0.2, 0) is 13.0 Å². The third kappa shape index (κ3) is 6.43. The van der Waals surface area contributed by atoms with Crippen molar-refractivity contribution in [2.75, 3.05) is 13.6 Å². The molecule has 0 aliphatic heterocycles. The number of aliphatic imine (C=N–C) groups is 1. The highest BCUT2D eigenvalue weighted by atomic mass is 35.5. The molecule has 0 fully saturated rings. The number of hydrogen-bond acceptors (Lipinski definition) is 4. The van der Waals surface area contributed by atoms with Gasteiger partial charge in [0, 0.05) is 32.5 Å². The molecular weight excluding hydrogens is 393 g/mol. The zero-order valence-corrected chi connectivity index (χ0v) is 16.7. The molecule has 150 valence electrons. The van der Waals surface area contributed by atoms with Gasteiger partial charge in [-0.2, -0.15) is 0 Å². The summed E-state index contributed by atoms with van der Waals surface area (Å²) in [6, 6.07) is 12.0. The SMILES string of the molecule is CN=C(NCCc1ccc(Cl)nc1)NCc1ccc(Oc2cccnc2)c(F)c1. The molecule has 2 aromatic heterocycles. The lowest BCUT2D eigenvalue weighted by molar-refractivity contribution is 0.440. The number of hydrogen-bond donors (Lipinski definition) is 2. The Labute approximate surface area is 173 Å². The number of halogens is 2. The highest BCUT2D eigenvalue weighted by Gasteiger charge is 2.07. The Balaban J connectivity index is 1.48. The van der Waals surface area contributed by atoms with E-state index in [0.717, 1.165) is 17.5 Å². The summed E-state index contributed by atoms with van der Waals surface area (Å²) >= 11 is 5.79. The first-order valence-corrected chi connectivity index (χ1v) is 9.43. The van der Waals surface area contributed by atoms with Gasteiger partial charge in [0.15, 0.2) is 17.5 Å². The van der Waals surface area contributed by atoms with Crippen LogP contribution in [0.15, 0.2) is 66.0 Å². The quantitative estimate of drug-likeness (QED) is 0.348. The summed E-state index contributed by atoms with van der Waals surface area (Å²) in [6.45, 7) is 1.10. The molecule has 0 amide bonds. The number of nitrogens with zero attached hydrogens (tertiary/aromatic N) is 3. The molecule has 6 nitrogen and oxygen atoms in total. The first-order valence-electron chi connectivity index (χ1n) is 9.05. The van der Waals surface area contributed by atoms with Crippen molar-refractivity contribution in [2.24, 2.45) is 4.99 Å². The van der Waals surface area contributed by atoms with Crippen LogP contribution in [0.3, 0.4) is 0 Å². The minimum Gasteiger partial charge on any atom is -0.453 e. The van der Waals surface area contributed by atoms with E-state index in [4.69, 9.17) is 16.3 Å². The molecule has 0 spiro atoms. The number of rotatable bonds is 7. The Morgan fingerprint density at radius 2 is 2.00 bits per heavy atom. The first kappa shape index (κ1) is 20.5. The number of ether oxygens (including phenoxy) is 1. The van der Waals surface area contributed by atoms with Gasteiger partial charge in [-0.3, -0.25) is 9.98 Å². The van der Waals surface area contributed by atoms with E-state index in [1.165, 1.54) is 12.3 Å². The minimum atomic E-state index is -0.439. The minimum absolute atomic E-state index is 0.154. The fourth-order valence-corrected chi connectivity index (χ4v) is 2.67. The van der Waals surface area contributed by atoms with E-state index in [1.54, 1.807) is 49.8 Å². The maximum absolute atomic E-state index is 14.3. The van der Waals surface area contributed by atoms with E-state index >= 15 is 0 Å². The van der Waals surface area contributed by atoms with Crippen LogP contribution in [0.2, 0.25) is 5.15 Å². The first-order chi connectivity index (χ1) is 14.1. The van der Waals surface area contributed by atoms with Crippen LogP contribution >= 0.6 is 11.6 Å². The van der Waals surface area contributed by atoms with Crippen molar-refractivity contribution < 1.29 is 9.13 Å². The summed E-state index contributed by atoms with van der Waals surface area (Å²) in [7, 11) is 1.69. The lowest BCUT2D eigenvalue weighted by Crippen LogP contribution is -2.37. The number of nitrogens with one attached hydrogen (secondary N) is 2. The smallest absolute Gasteiger partial charge is 0.191 e. The Morgan fingerprint density at radius 3 is 2.69 bits per heavy atom. The standard InChI is InChI=1S/C21H21ClFN5O/c1-24-21(26-10-8-15-5-7-20(22)27-12-15)28-13-16-4-6-19(18(23)11-16)29-17-3-2-9-25-14-17/h2-7,9,11-12,14H,8,10,13H2,1H3,(H2,24,26,28). The summed E-state index contributed by atoms with van der Waals surface area (Å²) in [5.41, 5.74) is 1.84. The van der Waals surface area contributed by atoms with Crippen LogP contribution in [-0.4, -0.2) is 29.5 Å². The summed E-state index contributed by atoms with van der Waals surface area (Å²) in [6.07, 6.45) is 5.69. The highest BCUT2D eigenvalue weighted by Crippen LogP contribution is 2.24. The van der Waals surface area contributed by atoms with Gasteiger partial charge in [-0.05, 0) is 47.9 Å². The third-order valence-electron chi connectivity index (χ3n) is 4.04. The van der Waals surface area contributed by atoms with Crippen molar-refractivity contribution >= 4 is 17.6 Å². The lowest BCUT2D eigenvalue weighted by Gasteiger charge is -2.13. The number of guanidine groups is 1. The summed E-state index contributed by atoms with van der Waals surface area (Å²) in [5.74, 6) is 0.827. The van der Waals surface area contributed by atoms with Crippen molar-refractivity contribution in [3.8, 4) is 11.5 Å². The number of benzene rings is 1. The third-order valence-corrected chi connectivity index (χ3v) is 4.26. The van der Waals surface area contributed by atoms with Gasteiger partial charge < -0.3 is 15.4 Å². The largest absolute Gasteiger partial charge is 0.453 e. The van der Waals surface area contributed by atoms with Gasteiger partial charge in [-0.25, -0.2) is 9.37 Å². The van der Waals surface area contributed by atoms with Gasteiger partial charge in [-0.1, -0.05) is 23.7 Å². The molecule has 2 heterocycles. The van der Waals surface area contributed by atoms with Gasteiger partial charge in [0.1, 0.15) is 10.9 Å². The molecule has 0 aliphatic rings. The van der Waals surface area contributed by atoms with E-state index < -0.39 is 5.82 Å². The van der Waals surface area contributed by atoms with E-state index in [9.17, 15) is 4.39 Å². The number of aromatic nitrogens is 2. The molecule has 0 unspecified atom stereocenters. The molecule has 0 atom stereocenters. The van der Waals surface area contributed by atoms with Crippen LogP contribution in [0.25, 0.3) is 0 Å². The van der Waals surface area contributed by atoms with Crippen molar-refractivity contribution in [2.45, 2.75) is 13.0 Å². The molecule has 29 heavy (non-hydrogen) atoms. The van der Waals surface area contributed by atoms with Gasteiger partial charge >= 0.3 is 0 Å². The second-order valence-corrected chi connectivity index (χ2v) is 6.53. The average Bonchev–Trinajstić information content (AvgIpc) is 2.74. The molecular formula is C21H21ClFN5O. The average molecular weight is 414 g/mol. The van der Waals surface area contributed by atoms with Crippen LogP contribution < -0.4 is 15.4 Å². The molecule has 0 saturated carbocycles. The van der Waals surface area contributed by atoms with Crippen LogP contribution in [0.1, 0.15) is 11.1 Å². The predicted molar refractivity (Wildman–Crippen MR) is 112 cm³/mol. The molecule has 3 aromatic rings. The molecule has 8 heteroatoms. The maximum Gasteiger partial charge on any atom is 0.191 e. The van der Waals surface area contributed by atoms with Gasteiger partial charge in [0.05, 0.1) is 6.20 Å². The van der Waals surface area contributed by atoms with E-state index in [-0.39, 0.29) is 5.75 Å². The summed E-state index contributed by atoms with van der Waals surface area (Å²) < 4.78 is 19.8. The van der Waals surface area contributed by atoms with Crippen molar-refractivity contribution in [3.05, 3.63) is 83.2 Å². The van der Waals surface area contributed by atoms with Gasteiger partial charge in [0.2, 0.25) is 0 Å².